The average Bonchev–Trinajstić information content (AvgIpc) is 2.33. The summed E-state index contributed by atoms with van der Waals surface area (Å²) < 4.78 is 0. The van der Waals surface area contributed by atoms with E-state index in [4.69, 9.17) is 4.84 Å². The predicted octanol–water partition coefficient (Wildman–Crippen LogP) is 0.435. The van der Waals surface area contributed by atoms with E-state index >= 15 is 0 Å². The van der Waals surface area contributed by atoms with Gasteiger partial charge in [-0.2, -0.15) is 0 Å². The molecule has 2 aliphatic heterocycles. The fourth-order valence-electron chi connectivity index (χ4n) is 0.671. The Morgan fingerprint density at radius 1 is 1.33 bits per heavy atom. The summed E-state index contributed by atoms with van der Waals surface area (Å²) in [6, 6.07) is 0. The van der Waals surface area contributed by atoms with E-state index in [0.717, 1.165) is 0 Å². The summed E-state index contributed by atoms with van der Waals surface area (Å²) in [4.78, 5) is 4.89. The molecule has 0 saturated carbocycles. The molecule has 0 saturated heterocycles. The topological polar surface area (TPSA) is 28.1 Å². The fraction of sp³-hybridized carbons (Fsp3) is 0. The van der Waals surface area contributed by atoms with Crippen LogP contribution in [0.1, 0.15) is 0 Å². The van der Waals surface area contributed by atoms with Crippen molar-refractivity contribution in [3.8, 4) is 0 Å². The lowest BCUT2D eigenvalue weighted by Gasteiger charge is -2.20. The highest BCUT2D eigenvalue weighted by Crippen LogP contribution is 2.11. The molecular formula is C5H5N3O. The van der Waals surface area contributed by atoms with Crippen molar-refractivity contribution in [1.82, 2.24) is 10.3 Å². The lowest BCUT2D eigenvalue weighted by molar-refractivity contribution is -0.185. The van der Waals surface area contributed by atoms with Crippen LogP contribution >= 0.6 is 0 Å². The summed E-state index contributed by atoms with van der Waals surface area (Å²) in [5.74, 6) is 0. The number of hydrogen-bond donors (Lipinski definition) is 0. The van der Waals surface area contributed by atoms with Crippen molar-refractivity contribution in [1.29, 1.82) is 0 Å². The van der Waals surface area contributed by atoms with Crippen LogP contribution in [0.5, 0.6) is 0 Å². The van der Waals surface area contributed by atoms with Gasteiger partial charge in [-0.25, -0.2) is 5.01 Å². The van der Waals surface area contributed by atoms with Gasteiger partial charge in [-0.15, -0.1) is 5.10 Å². The van der Waals surface area contributed by atoms with E-state index in [2.05, 4.69) is 5.10 Å². The lowest BCUT2D eigenvalue weighted by Crippen LogP contribution is -2.26. The Labute approximate surface area is 52.2 Å². The minimum Gasteiger partial charge on any atom is -0.349 e. The van der Waals surface area contributed by atoms with E-state index in [1.165, 1.54) is 5.28 Å². The van der Waals surface area contributed by atoms with Crippen LogP contribution in [0.25, 0.3) is 0 Å². The Morgan fingerprint density at radius 3 is 3.22 bits per heavy atom. The number of hydrogen-bond acceptors (Lipinski definition) is 4. The van der Waals surface area contributed by atoms with Gasteiger partial charge < -0.3 is 4.84 Å². The molecule has 0 fully saturated rings. The molecule has 0 aromatic rings. The Hall–Kier alpha value is -1.45. The van der Waals surface area contributed by atoms with Gasteiger partial charge in [0, 0.05) is 6.20 Å². The summed E-state index contributed by atoms with van der Waals surface area (Å²) >= 11 is 0. The van der Waals surface area contributed by atoms with Gasteiger partial charge >= 0.3 is 0 Å². The zero-order chi connectivity index (χ0) is 6.10. The van der Waals surface area contributed by atoms with Crippen molar-refractivity contribution in [2.45, 2.75) is 0 Å². The van der Waals surface area contributed by atoms with Crippen LogP contribution in [-0.4, -0.2) is 16.5 Å². The van der Waals surface area contributed by atoms with Crippen molar-refractivity contribution in [2.24, 2.45) is 5.10 Å². The number of hydrazone groups is 1. The van der Waals surface area contributed by atoms with Gasteiger partial charge in [-0.05, 0) is 11.4 Å². The maximum atomic E-state index is 4.89. The lowest BCUT2D eigenvalue weighted by atomic mass is 10.6. The number of rotatable bonds is 0. The van der Waals surface area contributed by atoms with Crippen molar-refractivity contribution < 1.29 is 4.84 Å². The van der Waals surface area contributed by atoms with Crippen LogP contribution in [0.3, 0.4) is 0 Å². The minimum absolute atomic E-state index is 1.38. The molecule has 9 heavy (non-hydrogen) atoms. The van der Waals surface area contributed by atoms with Gasteiger partial charge in [0.15, 0.2) is 0 Å². The molecule has 0 spiro atoms. The van der Waals surface area contributed by atoms with Crippen molar-refractivity contribution >= 4 is 6.21 Å². The molecule has 0 atom stereocenters. The van der Waals surface area contributed by atoms with E-state index in [1.807, 2.05) is 12.3 Å². The molecule has 2 rings (SSSR count). The highest BCUT2D eigenvalue weighted by molar-refractivity contribution is 5.71. The van der Waals surface area contributed by atoms with Crippen molar-refractivity contribution in [2.75, 3.05) is 0 Å². The molecule has 2 aliphatic rings. The molecule has 0 aliphatic carbocycles. The number of nitrogens with zero attached hydrogens (tertiary/aromatic N) is 3. The zero-order valence-electron chi connectivity index (χ0n) is 4.64. The third-order valence-corrected chi connectivity index (χ3v) is 1.06. The summed E-state index contributed by atoms with van der Waals surface area (Å²) in [5.41, 5.74) is 0. The molecule has 46 valence electrons. The van der Waals surface area contributed by atoms with Crippen LogP contribution < -0.4 is 0 Å². The largest absolute Gasteiger partial charge is 0.349 e. The number of fused-ring (bicyclic) bond motifs is 1. The molecule has 0 amide bonds. The molecule has 2 heterocycles. The molecule has 0 unspecified atom stereocenters. The highest BCUT2D eigenvalue weighted by atomic mass is 16.8. The monoisotopic (exact) mass is 123 g/mol. The predicted molar refractivity (Wildman–Crippen MR) is 31.5 cm³/mol. The Kier molecular flexibility index (Phi) is 0.745. The second-order valence-corrected chi connectivity index (χ2v) is 1.63. The van der Waals surface area contributed by atoms with Crippen LogP contribution in [-0.2, 0) is 4.84 Å². The molecule has 0 aromatic carbocycles. The van der Waals surface area contributed by atoms with Gasteiger partial charge in [0.05, 0.1) is 12.4 Å². The smallest absolute Gasteiger partial charge is 0.142 e. The van der Waals surface area contributed by atoms with Gasteiger partial charge in [0.25, 0.3) is 0 Å². The number of allylic oxidation sites excluding steroid dienone is 1. The molecule has 0 bridgehead atoms. The van der Waals surface area contributed by atoms with Crippen LogP contribution in [0.15, 0.2) is 29.8 Å². The SMILES string of the molecule is C1=CN2C=CON2N=C1. The molecule has 0 radical (unpaired) electrons. The van der Waals surface area contributed by atoms with E-state index in [9.17, 15) is 0 Å². The second-order valence-electron chi connectivity index (χ2n) is 1.63. The molecular weight excluding hydrogens is 118 g/mol. The van der Waals surface area contributed by atoms with E-state index in [-0.39, 0.29) is 0 Å². The van der Waals surface area contributed by atoms with E-state index in [1.54, 1.807) is 23.7 Å². The van der Waals surface area contributed by atoms with Crippen molar-refractivity contribution in [3.05, 3.63) is 24.7 Å². The normalized spacial score (nSPS) is 20.4. The standard InChI is InChI=1S/C5H5N3O/c1-2-6-8-7(3-1)4-5-9-8/h1-5H. The van der Waals surface area contributed by atoms with Crippen LogP contribution in [0.2, 0.25) is 0 Å². The molecule has 0 N–H and O–H groups in total. The average molecular weight is 123 g/mol. The summed E-state index contributed by atoms with van der Waals surface area (Å²) in [5, 5.41) is 6.95. The maximum Gasteiger partial charge on any atom is 0.142 e. The first-order valence-corrected chi connectivity index (χ1v) is 2.59. The first-order valence-electron chi connectivity index (χ1n) is 2.59. The minimum atomic E-state index is 1.38. The third kappa shape index (κ3) is 0.561. The Balaban J connectivity index is 2.25. The Bertz CT molecular complexity index is 196. The summed E-state index contributed by atoms with van der Waals surface area (Å²) in [6.45, 7) is 0. The first-order chi connectivity index (χ1) is 4.47. The van der Waals surface area contributed by atoms with Gasteiger partial charge in [-0.3, -0.25) is 0 Å². The third-order valence-electron chi connectivity index (χ3n) is 1.06. The van der Waals surface area contributed by atoms with E-state index < -0.39 is 0 Å². The molecule has 4 heteroatoms. The quantitative estimate of drug-likeness (QED) is 0.467. The van der Waals surface area contributed by atoms with Gasteiger partial charge in [0.1, 0.15) is 6.26 Å². The maximum absolute atomic E-state index is 4.89. The first kappa shape index (κ1) is 4.43. The van der Waals surface area contributed by atoms with Crippen LogP contribution in [0.4, 0.5) is 0 Å². The molecule has 4 nitrogen and oxygen atoms in total. The fourth-order valence-corrected chi connectivity index (χ4v) is 0.671. The van der Waals surface area contributed by atoms with Gasteiger partial charge in [-0.1, -0.05) is 0 Å². The molecule has 0 aromatic heterocycles. The van der Waals surface area contributed by atoms with Crippen LogP contribution in [0, 0.1) is 0 Å². The van der Waals surface area contributed by atoms with E-state index in [0.29, 0.717) is 0 Å². The Morgan fingerprint density at radius 2 is 2.33 bits per heavy atom. The summed E-state index contributed by atoms with van der Waals surface area (Å²) in [7, 11) is 0. The number of hydrazine groups is 1. The van der Waals surface area contributed by atoms with Gasteiger partial charge in [0.2, 0.25) is 0 Å². The highest BCUT2D eigenvalue weighted by Gasteiger charge is 2.13. The van der Waals surface area contributed by atoms with Crippen molar-refractivity contribution in [3.63, 3.8) is 0 Å². The zero-order valence-corrected chi connectivity index (χ0v) is 4.64. The summed E-state index contributed by atoms with van der Waals surface area (Å²) in [6.07, 6.45) is 8.66. The second kappa shape index (κ2) is 1.51.